The van der Waals surface area contributed by atoms with Gasteiger partial charge in [0.15, 0.2) is 0 Å². The molecule has 0 unspecified atom stereocenters. The van der Waals surface area contributed by atoms with Gasteiger partial charge in [0.25, 0.3) is 0 Å². The zero-order chi connectivity index (χ0) is 42.8. The van der Waals surface area contributed by atoms with Crippen molar-refractivity contribution in [3.8, 4) is 33.4 Å². The van der Waals surface area contributed by atoms with E-state index >= 15 is 0 Å². The average molecular weight is 812 g/mol. The first-order chi connectivity index (χ1) is 28.8. The van der Waals surface area contributed by atoms with Gasteiger partial charge < -0.3 is 4.90 Å². The lowest BCUT2D eigenvalue weighted by Gasteiger charge is -2.31. The number of anilines is 3. The summed E-state index contributed by atoms with van der Waals surface area (Å²) in [6.07, 6.45) is 0. The summed E-state index contributed by atoms with van der Waals surface area (Å²) in [5.74, 6) is 0. The Morgan fingerprint density at radius 1 is 0.443 bits per heavy atom. The van der Waals surface area contributed by atoms with Crippen molar-refractivity contribution < 1.29 is 0 Å². The van der Waals surface area contributed by atoms with E-state index in [1.165, 1.54) is 115 Å². The Morgan fingerprint density at radius 3 is 1.51 bits per heavy atom. The van der Waals surface area contributed by atoms with Gasteiger partial charge in [-0.05, 0) is 126 Å². The van der Waals surface area contributed by atoms with E-state index in [0.717, 1.165) is 0 Å². The third-order valence-electron chi connectivity index (χ3n) is 14.9. The van der Waals surface area contributed by atoms with Crippen molar-refractivity contribution in [3.05, 3.63) is 172 Å². The minimum Gasteiger partial charge on any atom is -0.310 e. The lowest BCUT2D eigenvalue weighted by molar-refractivity contribution is 0.573. The van der Waals surface area contributed by atoms with E-state index in [2.05, 4.69) is 215 Å². The topological polar surface area (TPSA) is 3.24 Å². The molecular formula is C59H57NS. The van der Waals surface area contributed by atoms with Crippen LogP contribution in [0.25, 0.3) is 53.6 Å². The normalized spacial score (nSPS) is 16.3. The third kappa shape index (κ3) is 5.24. The summed E-state index contributed by atoms with van der Waals surface area (Å²) >= 11 is 1.98. The van der Waals surface area contributed by atoms with E-state index in [4.69, 9.17) is 0 Å². The Labute approximate surface area is 367 Å². The third-order valence-corrected chi connectivity index (χ3v) is 16.1. The fraction of sp³-hybridized carbons (Fsp3) is 0.288. The molecule has 1 aromatic heterocycles. The first kappa shape index (κ1) is 38.5. The number of benzene rings is 7. The van der Waals surface area contributed by atoms with E-state index in [1.807, 2.05) is 11.3 Å². The van der Waals surface area contributed by atoms with E-state index in [9.17, 15) is 0 Å². The number of rotatable bonds is 3. The lowest BCUT2D eigenvalue weighted by atomic mass is 9.79. The van der Waals surface area contributed by atoms with Gasteiger partial charge in [0.1, 0.15) is 0 Å². The van der Waals surface area contributed by atoms with Crippen molar-refractivity contribution in [2.24, 2.45) is 0 Å². The quantitative estimate of drug-likeness (QED) is 0.172. The Kier molecular flexibility index (Phi) is 7.79. The Bertz CT molecular complexity index is 3080. The first-order valence-corrected chi connectivity index (χ1v) is 23.1. The highest BCUT2D eigenvalue weighted by atomic mass is 32.1. The Balaban J connectivity index is 1.23. The molecule has 3 aliphatic carbocycles. The van der Waals surface area contributed by atoms with Crippen LogP contribution in [0.3, 0.4) is 0 Å². The molecule has 0 bridgehead atoms. The highest BCUT2D eigenvalue weighted by molar-refractivity contribution is 7.26. The highest BCUT2D eigenvalue weighted by Crippen LogP contribution is 2.60. The SMILES string of the molecule is CC(C)(C)c1cc(C(C)(C)C)c2sc3ccc4c(c3c2c1)-c1c(N(c2ccc3c(c2)C(C)(C)c2ccccc2-3)c2ccc3c(c2)C(C)(C)c2ccccc2-3)cccc1C4(C)C. The van der Waals surface area contributed by atoms with Gasteiger partial charge in [0.2, 0.25) is 0 Å². The molecule has 0 N–H and O–H groups in total. The van der Waals surface area contributed by atoms with Gasteiger partial charge in [-0.15, -0.1) is 11.3 Å². The van der Waals surface area contributed by atoms with E-state index < -0.39 is 0 Å². The highest BCUT2D eigenvalue weighted by Gasteiger charge is 2.42. The largest absolute Gasteiger partial charge is 0.310 e. The summed E-state index contributed by atoms with van der Waals surface area (Å²) in [5, 5.41) is 2.80. The summed E-state index contributed by atoms with van der Waals surface area (Å²) in [4.78, 5) is 2.61. The molecule has 0 fully saturated rings. The zero-order valence-electron chi connectivity index (χ0n) is 38.0. The number of nitrogens with zero attached hydrogens (tertiary/aromatic N) is 1. The van der Waals surface area contributed by atoms with Crippen LogP contribution >= 0.6 is 11.3 Å². The van der Waals surface area contributed by atoms with Gasteiger partial charge in [-0.1, -0.05) is 168 Å². The maximum Gasteiger partial charge on any atom is 0.0543 e. The molecule has 0 amide bonds. The second-order valence-corrected chi connectivity index (χ2v) is 22.9. The van der Waals surface area contributed by atoms with Crippen molar-refractivity contribution in [1.82, 2.24) is 0 Å². The van der Waals surface area contributed by atoms with Gasteiger partial charge in [-0.2, -0.15) is 0 Å². The maximum atomic E-state index is 2.61. The molecule has 304 valence electrons. The molecule has 0 saturated heterocycles. The van der Waals surface area contributed by atoms with E-state index in [0.29, 0.717) is 0 Å². The van der Waals surface area contributed by atoms with Crippen LogP contribution in [0.15, 0.2) is 127 Å². The molecule has 61 heavy (non-hydrogen) atoms. The second-order valence-electron chi connectivity index (χ2n) is 21.8. The van der Waals surface area contributed by atoms with Crippen LogP contribution in [0.1, 0.15) is 128 Å². The molecule has 1 heterocycles. The van der Waals surface area contributed by atoms with Crippen LogP contribution in [0.5, 0.6) is 0 Å². The molecule has 0 aliphatic heterocycles. The van der Waals surface area contributed by atoms with Crippen LogP contribution in [0.4, 0.5) is 17.1 Å². The summed E-state index contributed by atoms with van der Waals surface area (Å²) in [6, 6.07) is 49.6. The van der Waals surface area contributed by atoms with Crippen molar-refractivity contribution in [1.29, 1.82) is 0 Å². The van der Waals surface area contributed by atoms with Crippen LogP contribution < -0.4 is 4.90 Å². The Morgan fingerprint density at radius 2 is 0.951 bits per heavy atom. The molecule has 2 heteroatoms. The molecule has 0 spiro atoms. The Hall–Kier alpha value is -5.44. The van der Waals surface area contributed by atoms with Gasteiger partial charge in [-0.3, -0.25) is 0 Å². The van der Waals surface area contributed by atoms with Crippen LogP contribution in [-0.2, 0) is 27.1 Å². The average Bonchev–Trinajstić information content (AvgIpc) is 3.86. The number of hydrogen-bond acceptors (Lipinski definition) is 2. The number of fused-ring (bicyclic) bond motifs is 13. The molecule has 11 rings (SSSR count). The molecule has 0 radical (unpaired) electrons. The summed E-state index contributed by atoms with van der Waals surface area (Å²) < 4.78 is 2.79. The maximum absolute atomic E-state index is 2.61. The number of thiophene rings is 1. The van der Waals surface area contributed by atoms with Gasteiger partial charge in [-0.25, -0.2) is 0 Å². The van der Waals surface area contributed by atoms with Crippen LogP contribution in [0, 0.1) is 0 Å². The molecule has 7 aromatic carbocycles. The zero-order valence-corrected chi connectivity index (χ0v) is 38.8. The smallest absolute Gasteiger partial charge is 0.0543 e. The van der Waals surface area contributed by atoms with Gasteiger partial charge >= 0.3 is 0 Å². The molecule has 0 atom stereocenters. The summed E-state index contributed by atoms with van der Waals surface area (Å²) in [7, 11) is 0. The molecule has 0 saturated carbocycles. The van der Waals surface area contributed by atoms with Gasteiger partial charge in [0, 0.05) is 53.4 Å². The van der Waals surface area contributed by atoms with Crippen molar-refractivity contribution in [3.63, 3.8) is 0 Å². The predicted octanol–water partition coefficient (Wildman–Crippen LogP) is 17.0. The fourth-order valence-electron chi connectivity index (χ4n) is 11.5. The first-order valence-electron chi connectivity index (χ1n) is 22.3. The summed E-state index contributed by atoms with van der Waals surface area (Å²) in [5.41, 5.74) is 22.6. The van der Waals surface area contributed by atoms with Crippen molar-refractivity contribution in [2.75, 3.05) is 4.90 Å². The van der Waals surface area contributed by atoms with Gasteiger partial charge in [0.05, 0.1) is 5.69 Å². The van der Waals surface area contributed by atoms with Crippen LogP contribution in [-0.4, -0.2) is 0 Å². The fourth-order valence-corrected chi connectivity index (χ4v) is 12.9. The molecular weight excluding hydrogens is 755 g/mol. The molecule has 8 aromatic rings. The van der Waals surface area contributed by atoms with Crippen molar-refractivity contribution in [2.45, 2.75) is 110 Å². The number of hydrogen-bond donors (Lipinski definition) is 0. The minimum atomic E-state index is -0.188. The van der Waals surface area contributed by atoms with E-state index in [-0.39, 0.29) is 27.1 Å². The lowest BCUT2D eigenvalue weighted by Crippen LogP contribution is -2.18. The standard InChI is InChI=1S/C59H57NS/c1-55(2,3)34-30-41-51-50(61-54(41)48(31-34)56(4,5)6)29-28-45-53(51)52-44(59(45,11)12)22-17-23-49(52)60(35-24-26-39-37-18-13-15-20-42(37)57(7,8)46(39)32-35)36-25-27-40-38-19-14-16-21-43(38)58(9,10)47(40)33-36/h13-33H,1-12H3. The van der Waals surface area contributed by atoms with Crippen LogP contribution in [0.2, 0.25) is 0 Å². The summed E-state index contributed by atoms with van der Waals surface area (Å²) in [6.45, 7) is 28.7. The molecule has 1 nitrogen and oxygen atoms in total. The second kappa shape index (κ2) is 12.4. The minimum absolute atomic E-state index is 0.00467. The predicted molar refractivity (Wildman–Crippen MR) is 264 cm³/mol. The molecule has 3 aliphatic rings. The van der Waals surface area contributed by atoms with E-state index in [1.54, 1.807) is 0 Å². The monoisotopic (exact) mass is 811 g/mol. The van der Waals surface area contributed by atoms with Crippen molar-refractivity contribution >= 4 is 48.6 Å².